The van der Waals surface area contributed by atoms with E-state index in [1.54, 1.807) is 28.0 Å². The third-order valence-corrected chi connectivity index (χ3v) is 6.43. The summed E-state index contributed by atoms with van der Waals surface area (Å²) in [6.45, 7) is 6.34. The van der Waals surface area contributed by atoms with Gasteiger partial charge in [-0.05, 0) is 53.4 Å². The maximum absolute atomic E-state index is 13.4. The molecule has 0 radical (unpaired) electrons. The van der Waals surface area contributed by atoms with E-state index in [-0.39, 0.29) is 43.4 Å². The number of carbonyl (C=O) groups excluding carboxylic acids is 3. The summed E-state index contributed by atoms with van der Waals surface area (Å²) in [5.41, 5.74) is 2.03. The van der Waals surface area contributed by atoms with E-state index in [1.807, 2.05) is 63.2 Å². The smallest absolute Gasteiger partial charge is 0.254 e. The Hall–Kier alpha value is -3.38. The Kier molecular flexibility index (Phi) is 6.89. The van der Waals surface area contributed by atoms with Gasteiger partial charge in [0.1, 0.15) is 19.8 Å². The van der Waals surface area contributed by atoms with Gasteiger partial charge in [0.2, 0.25) is 11.8 Å². The van der Waals surface area contributed by atoms with Crippen LogP contribution < -0.4 is 4.90 Å². The Balaban J connectivity index is 1.51. The van der Waals surface area contributed by atoms with Crippen molar-refractivity contribution in [2.24, 2.45) is 5.92 Å². The van der Waals surface area contributed by atoms with E-state index in [4.69, 9.17) is 11.6 Å². The fourth-order valence-corrected chi connectivity index (χ4v) is 4.41. The highest BCUT2D eigenvalue weighted by Crippen LogP contribution is 2.29. The maximum Gasteiger partial charge on any atom is 0.254 e. The zero-order valence-electron chi connectivity index (χ0n) is 19.6. The van der Waals surface area contributed by atoms with Crippen molar-refractivity contribution in [2.75, 3.05) is 31.2 Å². The number of amides is 3. The molecule has 3 aromatic carbocycles. The van der Waals surface area contributed by atoms with Crippen molar-refractivity contribution in [3.63, 3.8) is 0 Å². The Morgan fingerprint density at radius 3 is 2.50 bits per heavy atom. The molecule has 1 saturated heterocycles. The van der Waals surface area contributed by atoms with E-state index < -0.39 is 0 Å². The van der Waals surface area contributed by atoms with Gasteiger partial charge in [0.15, 0.2) is 0 Å². The number of fused-ring (bicyclic) bond motifs is 1. The minimum atomic E-state index is -0.259. The molecular weight excluding hydrogens is 450 g/mol. The molecule has 3 amide bonds. The molecule has 7 heteroatoms. The van der Waals surface area contributed by atoms with Gasteiger partial charge in [0, 0.05) is 22.8 Å². The first-order valence-corrected chi connectivity index (χ1v) is 11.7. The van der Waals surface area contributed by atoms with Gasteiger partial charge in [-0.3, -0.25) is 19.3 Å². The van der Waals surface area contributed by atoms with Crippen molar-refractivity contribution >= 4 is 45.8 Å². The Labute approximate surface area is 204 Å². The molecule has 0 spiro atoms. The maximum atomic E-state index is 13.4. The lowest BCUT2D eigenvalue weighted by molar-refractivity contribution is -0.132. The summed E-state index contributed by atoms with van der Waals surface area (Å²) in [6, 6.07) is 18.8. The van der Waals surface area contributed by atoms with Crippen LogP contribution in [0.5, 0.6) is 0 Å². The van der Waals surface area contributed by atoms with Gasteiger partial charge in [-0.15, -0.1) is 0 Å². The topological polar surface area (TPSA) is 60.9 Å². The van der Waals surface area contributed by atoms with Crippen molar-refractivity contribution in [3.05, 3.63) is 76.8 Å². The molecule has 1 aliphatic heterocycles. The van der Waals surface area contributed by atoms with Gasteiger partial charge < -0.3 is 9.80 Å². The van der Waals surface area contributed by atoms with Gasteiger partial charge in [-0.25, -0.2) is 0 Å². The minimum Gasteiger partial charge on any atom is -0.329 e. The molecule has 34 heavy (non-hydrogen) atoms. The molecule has 0 N–H and O–H groups in total. The molecule has 0 bridgehead atoms. The second-order valence-electron chi connectivity index (χ2n) is 9.08. The van der Waals surface area contributed by atoms with Gasteiger partial charge in [-0.2, -0.15) is 0 Å². The number of hydrogen-bond acceptors (Lipinski definition) is 3. The molecule has 0 atom stereocenters. The lowest BCUT2D eigenvalue weighted by Crippen LogP contribution is -2.44. The van der Waals surface area contributed by atoms with Crippen LogP contribution in [-0.4, -0.2) is 53.8 Å². The number of rotatable bonds is 6. The largest absolute Gasteiger partial charge is 0.329 e. The molecule has 1 fully saturated rings. The van der Waals surface area contributed by atoms with Gasteiger partial charge in [-0.1, -0.05) is 61.8 Å². The lowest BCUT2D eigenvalue weighted by atomic mass is 10.1. The highest BCUT2D eigenvalue weighted by molar-refractivity contribution is 6.31. The van der Waals surface area contributed by atoms with Crippen LogP contribution in [0.2, 0.25) is 5.02 Å². The predicted octanol–water partition coefficient (Wildman–Crippen LogP) is 4.73. The lowest BCUT2D eigenvalue weighted by Gasteiger charge is -2.27. The number of hydrogen-bond donors (Lipinski definition) is 0. The first kappa shape index (κ1) is 23.8. The SMILES string of the molecule is Cc1c(Cl)cccc1N1CN(C(=O)CN(CC(C)C)C(=O)c2ccc3ccccc3c2)CC1=O. The average Bonchev–Trinajstić information content (AvgIpc) is 3.20. The standard InChI is InChI=1S/C27H28ClN3O3/c1-18(2)14-29(27(34)22-12-11-20-7-4-5-8-21(20)13-22)15-25(32)30-16-26(33)31(17-30)24-10-6-9-23(28)19(24)3/h4-13,18H,14-17H2,1-3H3. The van der Waals surface area contributed by atoms with E-state index in [9.17, 15) is 14.4 Å². The quantitative estimate of drug-likeness (QED) is 0.515. The Morgan fingerprint density at radius 1 is 1.03 bits per heavy atom. The van der Waals surface area contributed by atoms with E-state index in [1.165, 1.54) is 4.90 Å². The van der Waals surface area contributed by atoms with Crippen LogP contribution in [0.3, 0.4) is 0 Å². The molecule has 0 unspecified atom stereocenters. The number of anilines is 1. The molecule has 0 aliphatic carbocycles. The van der Waals surface area contributed by atoms with Crippen LogP contribution in [0.25, 0.3) is 10.8 Å². The molecule has 1 aliphatic rings. The fourth-order valence-electron chi connectivity index (χ4n) is 4.24. The van der Waals surface area contributed by atoms with Crippen molar-refractivity contribution in [3.8, 4) is 0 Å². The first-order valence-electron chi connectivity index (χ1n) is 11.4. The molecule has 4 rings (SSSR count). The molecule has 0 saturated carbocycles. The van der Waals surface area contributed by atoms with E-state index in [0.29, 0.717) is 22.8 Å². The normalized spacial score (nSPS) is 13.7. The minimum absolute atomic E-state index is 0.0233. The summed E-state index contributed by atoms with van der Waals surface area (Å²) >= 11 is 6.22. The third-order valence-electron chi connectivity index (χ3n) is 6.02. The van der Waals surface area contributed by atoms with Gasteiger partial charge >= 0.3 is 0 Å². The van der Waals surface area contributed by atoms with Gasteiger partial charge in [0.05, 0.1) is 0 Å². The van der Waals surface area contributed by atoms with E-state index >= 15 is 0 Å². The summed E-state index contributed by atoms with van der Waals surface area (Å²) in [7, 11) is 0. The van der Waals surface area contributed by atoms with Crippen molar-refractivity contribution in [1.29, 1.82) is 0 Å². The van der Waals surface area contributed by atoms with Crippen molar-refractivity contribution < 1.29 is 14.4 Å². The summed E-state index contributed by atoms with van der Waals surface area (Å²) in [5, 5.41) is 2.60. The molecule has 3 aromatic rings. The second-order valence-corrected chi connectivity index (χ2v) is 9.49. The predicted molar refractivity (Wildman–Crippen MR) is 135 cm³/mol. The summed E-state index contributed by atoms with van der Waals surface area (Å²) < 4.78 is 0. The van der Waals surface area contributed by atoms with E-state index in [0.717, 1.165) is 16.3 Å². The number of carbonyl (C=O) groups is 3. The molecule has 6 nitrogen and oxygen atoms in total. The summed E-state index contributed by atoms with van der Waals surface area (Å²) in [6.07, 6.45) is 0. The molecule has 0 aromatic heterocycles. The Bertz CT molecular complexity index is 1260. The van der Waals surface area contributed by atoms with Crippen molar-refractivity contribution in [2.45, 2.75) is 20.8 Å². The van der Waals surface area contributed by atoms with Crippen LogP contribution in [0.15, 0.2) is 60.7 Å². The zero-order valence-corrected chi connectivity index (χ0v) is 20.4. The molecule has 176 valence electrons. The highest BCUT2D eigenvalue weighted by Gasteiger charge is 2.34. The van der Waals surface area contributed by atoms with Crippen LogP contribution in [-0.2, 0) is 9.59 Å². The number of halogens is 1. The first-order chi connectivity index (χ1) is 16.2. The van der Waals surface area contributed by atoms with Crippen LogP contribution in [0.1, 0.15) is 29.8 Å². The van der Waals surface area contributed by atoms with Crippen LogP contribution in [0.4, 0.5) is 5.69 Å². The second kappa shape index (κ2) is 9.85. The molecule has 1 heterocycles. The monoisotopic (exact) mass is 477 g/mol. The number of nitrogens with zero attached hydrogens (tertiary/aromatic N) is 3. The highest BCUT2D eigenvalue weighted by atomic mass is 35.5. The Morgan fingerprint density at radius 2 is 1.76 bits per heavy atom. The zero-order chi connectivity index (χ0) is 24.4. The number of benzene rings is 3. The molecular formula is C27H28ClN3O3. The fraction of sp³-hybridized carbons (Fsp3) is 0.296. The van der Waals surface area contributed by atoms with Crippen molar-refractivity contribution in [1.82, 2.24) is 9.80 Å². The van der Waals surface area contributed by atoms with Gasteiger partial charge in [0.25, 0.3) is 5.91 Å². The van der Waals surface area contributed by atoms with E-state index in [2.05, 4.69) is 0 Å². The summed E-state index contributed by atoms with van der Waals surface area (Å²) in [4.78, 5) is 43.9. The van der Waals surface area contributed by atoms with Crippen LogP contribution >= 0.6 is 11.6 Å². The summed E-state index contributed by atoms with van der Waals surface area (Å²) in [5.74, 6) is -0.441. The van der Waals surface area contributed by atoms with Crippen LogP contribution in [0, 0.1) is 12.8 Å². The average molecular weight is 478 g/mol. The third kappa shape index (κ3) is 4.92.